The highest BCUT2D eigenvalue weighted by atomic mass is 32.2. The Morgan fingerprint density at radius 1 is 1.07 bits per heavy atom. The maximum atomic E-state index is 12.6. The van der Waals surface area contributed by atoms with Crippen LogP contribution in [0.3, 0.4) is 0 Å². The number of anilines is 2. The van der Waals surface area contributed by atoms with Crippen molar-refractivity contribution in [2.24, 2.45) is 0 Å². The Morgan fingerprint density at radius 2 is 1.72 bits per heavy atom. The first-order valence-electron chi connectivity index (χ1n) is 9.30. The summed E-state index contributed by atoms with van der Waals surface area (Å²) in [6, 6.07) is 11.9. The number of amides is 1. The molecule has 0 aliphatic rings. The van der Waals surface area contributed by atoms with Gasteiger partial charge < -0.3 is 10.1 Å². The molecule has 0 spiro atoms. The van der Waals surface area contributed by atoms with E-state index in [1.807, 2.05) is 19.1 Å². The van der Waals surface area contributed by atoms with Crippen molar-refractivity contribution >= 4 is 33.3 Å². The van der Waals surface area contributed by atoms with E-state index in [4.69, 9.17) is 4.74 Å². The van der Waals surface area contributed by atoms with Crippen LogP contribution in [-0.2, 0) is 26.0 Å². The Kier molecular flexibility index (Phi) is 7.39. The molecule has 29 heavy (non-hydrogen) atoms. The van der Waals surface area contributed by atoms with E-state index in [9.17, 15) is 18.0 Å². The molecule has 0 saturated carbocycles. The van der Waals surface area contributed by atoms with E-state index in [1.165, 1.54) is 0 Å². The molecule has 0 aliphatic heterocycles. The van der Waals surface area contributed by atoms with Gasteiger partial charge in [-0.05, 0) is 55.7 Å². The molecule has 0 saturated heterocycles. The van der Waals surface area contributed by atoms with Gasteiger partial charge in [0.2, 0.25) is 15.9 Å². The molecule has 0 bridgehead atoms. The van der Waals surface area contributed by atoms with Crippen molar-refractivity contribution in [3.8, 4) is 0 Å². The van der Waals surface area contributed by atoms with Crippen LogP contribution in [0.5, 0.6) is 0 Å². The lowest BCUT2D eigenvalue weighted by atomic mass is 10.1. The molecule has 2 aromatic carbocycles. The van der Waals surface area contributed by atoms with Crippen molar-refractivity contribution in [2.75, 3.05) is 29.0 Å². The molecule has 7 nitrogen and oxygen atoms in total. The number of rotatable bonds is 8. The van der Waals surface area contributed by atoms with Crippen LogP contribution in [-0.4, -0.2) is 39.7 Å². The predicted molar refractivity (Wildman–Crippen MR) is 114 cm³/mol. The average Bonchev–Trinajstić information content (AvgIpc) is 2.67. The number of esters is 1. The molecule has 0 unspecified atom stereocenters. The molecule has 0 atom stereocenters. The maximum absolute atomic E-state index is 12.6. The van der Waals surface area contributed by atoms with Crippen LogP contribution in [0.4, 0.5) is 11.4 Å². The third-order valence-corrected chi connectivity index (χ3v) is 5.56. The molecule has 1 N–H and O–H groups in total. The highest BCUT2D eigenvalue weighted by molar-refractivity contribution is 7.92. The minimum absolute atomic E-state index is 0.245. The van der Waals surface area contributed by atoms with Crippen LogP contribution >= 0.6 is 0 Å². The number of hydrogen-bond acceptors (Lipinski definition) is 5. The number of hydrogen-bond donors (Lipinski definition) is 1. The first kappa shape index (κ1) is 22.4. The summed E-state index contributed by atoms with van der Waals surface area (Å²) in [5, 5.41) is 2.69. The number of sulfonamides is 1. The van der Waals surface area contributed by atoms with Crippen molar-refractivity contribution in [1.82, 2.24) is 0 Å². The minimum atomic E-state index is -3.67. The molecule has 2 aromatic rings. The summed E-state index contributed by atoms with van der Waals surface area (Å²) in [5.74, 6) is -0.992. The van der Waals surface area contributed by atoms with Crippen LogP contribution in [0, 0.1) is 6.92 Å². The summed E-state index contributed by atoms with van der Waals surface area (Å²) in [4.78, 5) is 24.6. The third kappa shape index (κ3) is 5.80. The van der Waals surface area contributed by atoms with E-state index < -0.39 is 21.9 Å². The summed E-state index contributed by atoms with van der Waals surface area (Å²) in [6.07, 6.45) is 1.89. The van der Waals surface area contributed by atoms with Crippen LogP contribution < -0.4 is 9.62 Å². The number of carbonyl (C=O) groups is 2. The number of benzene rings is 2. The maximum Gasteiger partial charge on any atom is 0.338 e. The van der Waals surface area contributed by atoms with E-state index in [1.54, 1.807) is 44.2 Å². The lowest BCUT2D eigenvalue weighted by molar-refractivity contribution is -0.114. The van der Waals surface area contributed by atoms with Gasteiger partial charge in [0.25, 0.3) is 0 Å². The number of nitrogens with zero attached hydrogens (tertiary/aromatic N) is 1. The number of carbonyl (C=O) groups excluding carboxylic acids is 2. The summed E-state index contributed by atoms with van der Waals surface area (Å²) in [5.41, 5.74) is 2.81. The quantitative estimate of drug-likeness (QED) is 0.665. The van der Waals surface area contributed by atoms with Crippen molar-refractivity contribution < 1.29 is 22.7 Å². The lowest BCUT2D eigenvalue weighted by Crippen LogP contribution is -2.37. The van der Waals surface area contributed by atoms with Crippen LogP contribution in [0.25, 0.3) is 0 Å². The van der Waals surface area contributed by atoms with Gasteiger partial charge in [-0.1, -0.05) is 25.1 Å². The van der Waals surface area contributed by atoms with Crippen molar-refractivity contribution in [2.45, 2.75) is 27.2 Å². The minimum Gasteiger partial charge on any atom is -0.462 e. The first-order chi connectivity index (χ1) is 13.7. The summed E-state index contributed by atoms with van der Waals surface area (Å²) in [7, 11) is -3.67. The van der Waals surface area contributed by atoms with Gasteiger partial charge in [0.05, 0.1) is 24.1 Å². The zero-order valence-corrected chi connectivity index (χ0v) is 17.9. The fourth-order valence-electron chi connectivity index (χ4n) is 2.82. The smallest absolute Gasteiger partial charge is 0.338 e. The van der Waals surface area contributed by atoms with Gasteiger partial charge in [-0.2, -0.15) is 0 Å². The van der Waals surface area contributed by atoms with Gasteiger partial charge in [0.15, 0.2) is 0 Å². The van der Waals surface area contributed by atoms with Gasteiger partial charge in [0, 0.05) is 5.69 Å². The molecule has 8 heteroatoms. The summed E-state index contributed by atoms with van der Waals surface area (Å²) < 4.78 is 30.5. The largest absolute Gasteiger partial charge is 0.462 e. The van der Waals surface area contributed by atoms with Crippen LogP contribution in [0.15, 0.2) is 42.5 Å². The Labute approximate surface area is 171 Å². The van der Waals surface area contributed by atoms with Gasteiger partial charge in [-0.25, -0.2) is 13.2 Å². The molecule has 0 heterocycles. The lowest BCUT2D eigenvalue weighted by Gasteiger charge is -2.22. The average molecular weight is 419 g/mol. The SMILES string of the molecule is CCOC(=O)c1cccc(NC(=O)CN(c2ccc(CC)cc2)S(C)(=O)=O)c1C. The molecule has 156 valence electrons. The van der Waals surface area contributed by atoms with Crippen molar-refractivity contribution in [1.29, 1.82) is 0 Å². The van der Waals surface area contributed by atoms with Gasteiger partial charge in [-0.15, -0.1) is 0 Å². The fourth-order valence-corrected chi connectivity index (χ4v) is 3.68. The molecule has 1 amide bonds. The Balaban J connectivity index is 2.23. The Hall–Kier alpha value is -2.87. The molecule has 0 aliphatic carbocycles. The van der Waals surface area contributed by atoms with E-state index >= 15 is 0 Å². The number of aryl methyl sites for hydroxylation is 1. The third-order valence-electron chi connectivity index (χ3n) is 4.42. The molecule has 0 radical (unpaired) electrons. The second-order valence-electron chi connectivity index (χ2n) is 6.54. The zero-order valence-electron chi connectivity index (χ0n) is 17.1. The van der Waals surface area contributed by atoms with Crippen molar-refractivity contribution in [3.63, 3.8) is 0 Å². The standard InChI is InChI=1S/C21H26N2O5S/c1-5-16-10-12-17(13-11-16)23(29(4,26)27)14-20(24)22-19-9-7-8-18(15(19)3)21(25)28-6-2/h7-13H,5-6,14H2,1-4H3,(H,22,24). The van der Waals surface area contributed by atoms with Gasteiger partial charge in [-0.3, -0.25) is 9.10 Å². The number of nitrogens with one attached hydrogen (secondary N) is 1. The molecule has 0 fully saturated rings. The van der Waals surface area contributed by atoms with E-state index in [0.717, 1.165) is 22.5 Å². The Morgan fingerprint density at radius 3 is 2.28 bits per heavy atom. The summed E-state index contributed by atoms with van der Waals surface area (Å²) in [6.45, 7) is 5.28. The van der Waals surface area contributed by atoms with E-state index in [2.05, 4.69) is 5.32 Å². The highest BCUT2D eigenvalue weighted by Crippen LogP contribution is 2.22. The second-order valence-corrected chi connectivity index (χ2v) is 8.44. The Bertz CT molecular complexity index is 985. The molecule has 0 aromatic heterocycles. The monoisotopic (exact) mass is 418 g/mol. The van der Waals surface area contributed by atoms with E-state index in [-0.39, 0.29) is 13.2 Å². The first-order valence-corrected chi connectivity index (χ1v) is 11.2. The summed E-state index contributed by atoms with van der Waals surface area (Å²) >= 11 is 0. The predicted octanol–water partition coefficient (Wildman–Crippen LogP) is 3.14. The topological polar surface area (TPSA) is 92.8 Å². The molecular weight excluding hydrogens is 392 g/mol. The molecular formula is C21H26N2O5S. The second kappa shape index (κ2) is 9.56. The number of ether oxygens (including phenoxy) is 1. The molecule has 2 rings (SSSR count). The zero-order chi connectivity index (χ0) is 21.6. The van der Waals surface area contributed by atoms with E-state index in [0.29, 0.717) is 22.5 Å². The highest BCUT2D eigenvalue weighted by Gasteiger charge is 2.22. The van der Waals surface area contributed by atoms with Gasteiger partial charge >= 0.3 is 5.97 Å². The normalized spacial score (nSPS) is 11.0. The van der Waals surface area contributed by atoms with Crippen LogP contribution in [0.2, 0.25) is 0 Å². The van der Waals surface area contributed by atoms with Crippen LogP contribution in [0.1, 0.15) is 35.3 Å². The van der Waals surface area contributed by atoms with Crippen molar-refractivity contribution in [3.05, 3.63) is 59.2 Å². The van der Waals surface area contributed by atoms with Gasteiger partial charge in [0.1, 0.15) is 6.54 Å². The fraction of sp³-hybridized carbons (Fsp3) is 0.333.